The Balaban J connectivity index is 2.28. The third-order valence-electron chi connectivity index (χ3n) is 8.21. The Labute approximate surface area is 190 Å². The number of methoxy groups -OCH3 is 1. The monoisotopic (exact) mass is 448 g/mol. The van der Waals surface area contributed by atoms with E-state index < -0.39 is 46.5 Å². The summed E-state index contributed by atoms with van der Waals surface area (Å²) in [6, 6.07) is 0. The molecule has 0 amide bonds. The molecule has 0 radical (unpaired) electrons. The lowest BCUT2D eigenvalue weighted by molar-refractivity contribution is -0.170. The van der Waals surface area contributed by atoms with E-state index in [2.05, 4.69) is 13.5 Å². The first-order valence-electron chi connectivity index (χ1n) is 11.3. The number of ether oxygens (including phenoxy) is 3. The first kappa shape index (κ1) is 24.5. The number of rotatable bonds is 4. The summed E-state index contributed by atoms with van der Waals surface area (Å²) in [6.45, 7) is 12.5. The largest absolute Gasteiger partial charge is 0.469 e. The van der Waals surface area contributed by atoms with Crippen molar-refractivity contribution in [3.63, 3.8) is 0 Å². The van der Waals surface area contributed by atoms with Crippen LogP contribution in [0.2, 0.25) is 0 Å². The number of aliphatic hydroxyl groups is 1. The molecule has 3 aliphatic carbocycles. The highest BCUT2D eigenvalue weighted by Gasteiger charge is 2.63. The van der Waals surface area contributed by atoms with E-state index in [0.717, 1.165) is 18.4 Å². The van der Waals surface area contributed by atoms with Gasteiger partial charge < -0.3 is 19.3 Å². The van der Waals surface area contributed by atoms with Gasteiger partial charge in [0.05, 0.1) is 18.6 Å². The summed E-state index contributed by atoms with van der Waals surface area (Å²) in [5.74, 6) is -1.43. The Kier molecular flexibility index (Phi) is 6.37. The quantitative estimate of drug-likeness (QED) is 0.399. The van der Waals surface area contributed by atoms with E-state index in [1.165, 1.54) is 21.0 Å². The van der Waals surface area contributed by atoms with Crippen LogP contribution in [0.15, 0.2) is 23.8 Å². The van der Waals surface area contributed by atoms with Crippen molar-refractivity contribution in [3.8, 4) is 0 Å². The molecule has 0 spiro atoms. The fourth-order valence-electron chi connectivity index (χ4n) is 6.77. The summed E-state index contributed by atoms with van der Waals surface area (Å²) in [5.41, 5.74) is -0.668. The Bertz CT molecular complexity index is 860. The molecule has 0 bridgehead atoms. The maximum Gasteiger partial charge on any atom is 0.311 e. The van der Waals surface area contributed by atoms with Crippen molar-refractivity contribution in [2.75, 3.05) is 7.11 Å². The molecule has 7 nitrogen and oxygen atoms in total. The lowest BCUT2D eigenvalue weighted by atomic mass is 9.46. The van der Waals surface area contributed by atoms with E-state index >= 15 is 0 Å². The zero-order valence-corrected chi connectivity index (χ0v) is 20.0. The summed E-state index contributed by atoms with van der Waals surface area (Å²) in [6.07, 6.45) is 2.34. The van der Waals surface area contributed by atoms with E-state index in [-0.39, 0.29) is 11.9 Å². The minimum atomic E-state index is -0.842. The second kappa shape index (κ2) is 8.32. The molecule has 0 saturated heterocycles. The molecule has 1 saturated carbocycles. The number of esters is 3. The SMILES string of the molecule is C=CC1(C)CC(O)C2=C(C(OC(C)=O)CC3C(C)(C(=O)OC)CCCC23C)C1OC(C)=O. The maximum absolute atomic E-state index is 12.9. The first-order valence-corrected chi connectivity index (χ1v) is 11.3. The maximum atomic E-state index is 12.9. The van der Waals surface area contributed by atoms with E-state index in [1.54, 1.807) is 6.08 Å². The first-order chi connectivity index (χ1) is 14.8. The van der Waals surface area contributed by atoms with Crippen molar-refractivity contribution in [2.45, 2.75) is 85.0 Å². The van der Waals surface area contributed by atoms with Gasteiger partial charge in [-0.25, -0.2) is 0 Å². The topological polar surface area (TPSA) is 99.1 Å². The molecule has 1 fully saturated rings. The van der Waals surface area contributed by atoms with Crippen LogP contribution in [-0.2, 0) is 28.6 Å². The van der Waals surface area contributed by atoms with Crippen LogP contribution in [0, 0.1) is 22.2 Å². The number of fused-ring (bicyclic) bond motifs is 2. The van der Waals surface area contributed by atoms with Crippen molar-refractivity contribution in [3.05, 3.63) is 23.8 Å². The minimum Gasteiger partial charge on any atom is -0.469 e. The molecule has 0 aromatic carbocycles. The van der Waals surface area contributed by atoms with Crippen LogP contribution in [0.3, 0.4) is 0 Å². The van der Waals surface area contributed by atoms with Gasteiger partial charge in [-0.05, 0) is 49.5 Å². The van der Waals surface area contributed by atoms with Crippen LogP contribution in [0.25, 0.3) is 0 Å². The van der Waals surface area contributed by atoms with Crippen LogP contribution >= 0.6 is 0 Å². The summed E-state index contributed by atoms with van der Waals surface area (Å²) in [5, 5.41) is 11.4. The molecule has 0 heterocycles. The van der Waals surface area contributed by atoms with Gasteiger partial charge in [0.1, 0.15) is 12.2 Å². The average molecular weight is 449 g/mol. The standard InChI is InChI=1S/C25H36O7/c1-8-23(4)13-16(28)20-19(21(23)32-15(3)27)17(31-14(2)26)12-18-24(20,5)10-9-11-25(18,6)22(29)30-7/h8,16-18,21,28H,1,9-13H2,2-7H3. The molecule has 178 valence electrons. The van der Waals surface area contributed by atoms with Crippen LogP contribution in [0.4, 0.5) is 0 Å². The second-order valence-corrected chi connectivity index (χ2v) is 10.4. The molecule has 3 rings (SSSR count). The lowest BCUT2D eigenvalue weighted by Gasteiger charge is -2.59. The van der Waals surface area contributed by atoms with Gasteiger partial charge in [-0.1, -0.05) is 26.3 Å². The summed E-state index contributed by atoms with van der Waals surface area (Å²) < 4.78 is 16.8. The van der Waals surface area contributed by atoms with Crippen molar-refractivity contribution in [1.82, 2.24) is 0 Å². The molecular weight excluding hydrogens is 412 g/mol. The average Bonchev–Trinajstić information content (AvgIpc) is 2.70. The van der Waals surface area contributed by atoms with Gasteiger partial charge in [0, 0.05) is 24.8 Å². The molecule has 32 heavy (non-hydrogen) atoms. The zero-order valence-electron chi connectivity index (χ0n) is 20.0. The number of carbonyl (C=O) groups is 3. The van der Waals surface area contributed by atoms with E-state index in [1.807, 2.05) is 13.8 Å². The minimum absolute atomic E-state index is 0.208. The molecule has 0 aromatic rings. The molecule has 7 unspecified atom stereocenters. The third kappa shape index (κ3) is 3.68. The molecule has 0 aliphatic heterocycles. The van der Waals surface area contributed by atoms with Gasteiger partial charge in [-0.2, -0.15) is 0 Å². The van der Waals surface area contributed by atoms with E-state index in [9.17, 15) is 19.5 Å². The molecule has 7 heteroatoms. The Morgan fingerprint density at radius 3 is 2.25 bits per heavy atom. The highest BCUT2D eigenvalue weighted by atomic mass is 16.6. The zero-order chi connectivity index (χ0) is 24.1. The van der Waals surface area contributed by atoms with Gasteiger partial charge in [0.15, 0.2) is 0 Å². The predicted molar refractivity (Wildman–Crippen MR) is 117 cm³/mol. The Hall–Kier alpha value is -2.15. The van der Waals surface area contributed by atoms with Crippen molar-refractivity contribution >= 4 is 17.9 Å². The smallest absolute Gasteiger partial charge is 0.311 e. The molecule has 7 atom stereocenters. The highest BCUT2D eigenvalue weighted by Crippen LogP contribution is 2.64. The molecular formula is C25H36O7. The van der Waals surface area contributed by atoms with Crippen LogP contribution in [-0.4, -0.2) is 48.4 Å². The Morgan fingerprint density at radius 2 is 1.72 bits per heavy atom. The lowest BCUT2D eigenvalue weighted by Crippen LogP contribution is -2.59. The number of aliphatic hydroxyl groups excluding tert-OH is 1. The van der Waals surface area contributed by atoms with Crippen molar-refractivity contribution < 1.29 is 33.7 Å². The summed E-state index contributed by atoms with van der Waals surface area (Å²) >= 11 is 0. The predicted octanol–water partition coefficient (Wildman–Crippen LogP) is 3.49. The molecule has 3 aliphatic rings. The normalized spacial score (nSPS) is 41.1. The summed E-state index contributed by atoms with van der Waals surface area (Å²) in [4.78, 5) is 37.1. The van der Waals surface area contributed by atoms with Gasteiger partial charge >= 0.3 is 17.9 Å². The van der Waals surface area contributed by atoms with Crippen LogP contribution in [0.1, 0.15) is 66.7 Å². The van der Waals surface area contributed by atoms with Crippen LogP contribution < -0.4 is 0 Å². The third-order valence-corrected chi connectivity index (χ3v) is 8.21. The van der Waals surface area contributed by atoms with Crippen LogP contribution in [0.5, 0.6) is 0 Å². The number of carbonyl (C=O) groups excluding carboxylic acids is 3. The van der Waals surface area contributed by atoms with Gasteiger partial charge in [-0.3, -0.25) is 14.4 Å². The van der Waals surface area contributed by atoms with E-state index in [4.69, 9.17) is 14.2 Å². The highest BCUT2D eigenvalue weighted by molar-refractivity contribution is 5.77. The van der Waals surface area contributed by atoms with E-state index in [0.29, 0.717) is 24.8 Å². The molecule has 0 aromatic heterocycles. The summed E-state index contributed by atoms with van der Waals surface area (Å²) in [7, 11) is 1.39. The van der Waals surface area contributed by atoms with Gasteiger partial charge in [-0.15, -0.1) is 6.58 Å². The fraction of sp³-hybridized carbons (Fsp3) is 0.720. The van der Waals surface area contributed by atoms with Crippen molar-refractivity contribution in [2.24, 2.45) is 22.2 Å². The number of hydrogen-bond acceptors (Lipinski definition) is 7. The van der Waals surface area contributed by atoms with Crippen molar-refractivity contribution in [1.29, 1.82) is 0 Å². The fourth-order valence-corrected chi connectivity index (χ4v) is 6.77. The number of hydrogen-bond donors (Lipinski definition) is 1. The van der Waals surface area contributed by atoms with Gasteiger partial charge in [0.2, 0.25) is 0 Å². The molecule has 1 N–H and O–H groups in total. The Morgan fingerprint density at radius 1 is 1.09 bits per heavy atom. The van der Waals surface area contributed by atoms with Gasteiger partial charge in [0.25, 0.3) is 0 Å². The second-order valence-electron chi connectivity index (χ2n) is 10.4.